The highest BCUT2D eigenvalue weighted by molar-refractivity contribution is 5.82. The van der Waals surface area contributed by atoms with Crippen molar-refractivity contribution < 1.29 is 14.3 Å². The van der Waals surface area contributed by atoms with Crippen LogP contribution in [0.25, 0.3) is 0 Å². The second-order valence-corrected chi connectivity index (χ2v) is 7.23. The van der Waals surface area contributed by atoms with Crippen LogP contribution in [0.4, 0.5) is 0 Å². The zero-order valence-electron chi connectivity index (χ0n) is 15.1. The average molecular weight is 325 g/mol. The molecule has 2 aliphatic heterocycles. The van der Waals surface area contributed by atoms with Crippen molar-refractivity contribution in [2.45, 2.75) is 52.9 Å². The lowest BCUT2D eigenvalue weighted by Gasteiger charge is -2.44. The summed E-state index contributed by atoms with van der Waals surface area (Å²) in [5.74, 6) is 0.545. The molecule has 2 saturated heterocycles. The Kier molecular flexibility index (Phi) is 6.03. The van der Waals surface area contributed by atoms with E-state index in [0.29, 0.717) is 26.2 Å². The summed E-state index contributed by atoms with van der Waals surface area (Å²) >= 11 is 0. The highest BCUT2D eigenvalue weighted by Gasteiger charge is 2.37. The van der Waals surface area contributed by atoms with Gasteiger partial charge in [-0.15, -0.1) is 0 Å². The fraction of sp³-hybridized carbons (Fsp3) is 0.882. The fourth-order valence-corrected chi connectivity index (χ4v) is 3.74. The summed E-state index contributed by atoms with van der Waals surface area (Å²) in [4.78, 5) is 30.5. The Bertz CT molecular complexity index is 423. The molecule has 6 heteroatoms. The van der Waals surface area contributed by atoms with E-state index in [1.54, 1.807) is 6.92 Å². The largest absolute Gasteiger partial charge is 0.373 e. The lowest BCUT2D eigenvalue weighted by molar-refractivity contribution is -0.149. The van der Waals surface area contributed by atoms with Crippen LogP contribution in [0.15, 0.2) is 0 Å². The van der Waals surface area contributed by atoms with Crippen LogP contribution in [-0.2, 0) is 14.3 Å². The molecule has 3 unspecified atom stereocenters. The predicted octanol–water partition coefficient (Wildman–Crippen LogP) is 0.811. The number of morpholine rings is 1. The lowest BCUT2D eigenvalue weighted by atomic mass is 9.98. The Balaban J connectivity index is 2.03. The van der Waals surface area contributed by atoms with E-state index >= 15 is 0 Å². The lowest BCUT2D eigenvalue weighted by Crippen LogP contribution is -2.60. The Morgan fingerprint density at radius 3 is 1.87 bits per heavy atom. The van der Waals surface area contributed by atoms with E-state index in [1.165, 1.54) is 0 Å². The smallest absolute Gasteiger partial charge is 0.240 e. The van der Waals surface area contributed by atoms with E-state index < -0.39 is 0 Å². The van der Waals surface area contributed by atoms with Gasteiger partial charge >= 0.3 is 0 Å². The number of amides is 2. The van der Waals surface area contributed by atoms with E-state index in [9.17, 15) is 9.59 Å². The highest BCUT2D eigenvalue weighted by atomic mass is 16.5. The molecule has 2 aliphatic rings. The van der Waals surface area contributed by atoms with Crippen molar-refractivity contribution in [3.05, 3.63) is 0 Å². The molecule has 2 heterocycles. The zero-order chi connectivity index (χ0) is 17.1. The highest BCUT2D eigenvalue weighted by Crippen LogP contribution is 2.21. The summed E-state index contributed by atoms with van der Waals surface area (Å²) in [5, 5.41) is 0. The summed E-state index contributed by atoms with van der Waals surface area (Å²) in [6.07, 6.45) is 0.310. The number of hydrogen-bond acceptors (Lipinski definition) is 4. The van der Waals surface area contributed by atoms with Crippen molar-refractivity contribution in [1.82, 2.24) is 14.7 Å². The van der Waals surface area contributed by atoms with E-state index in [2.05, 4.69) is 32.6 Å². The molecule has 0 bridgehead atoms. The van der Waals surface area contributed by atoms with Crippen LogP contribution in [0.3, 0.4) is 0 Å². The van der Waals surface area contributed by atoms with E-state index in [-0.39, 0.29) is 36.0 Å². The topological polar surface area (TPSA) is 53.1 Å². The molecule has 132 valence electrons. The van der Waals surface area contributed by atoms with E-state index in [0.717, 1.165) is 13.1 Å². The molecule has 3 atom stereocenters. The Morgan fingerprint density at radius 1 is 0.957 bits per heavy atom. The molecule has 2 amide bonds. The normalized spacial score (nSPS) is 28.1. The van der Waals surface area contributed by atoms with Gasteiger partial charge in [0.25, 0.3) is 0 Å². The van der Waals surface area contributed by atoms with Gasteiger partial charge in [0, 0.05) is 46.2 Å². The Morgan fingerprint density at radius 2 is 1.43 bits per heavy atom. The third-order valence-corrected chi connectivity index (χ3v) is 4.76. The van der Waals surface area contributed by atoms with Crippen LogP contribution in [0, 0.1) is 5.92 Å². The monoisotopic (exact) mass is 325 g/mol. The van der Waals surface area contributed by atoms with Gasteiger partial charge < -0.3 is 14.5 Å². The SMILES string of the molecule is CC(=O)N1CCN(C(=O)C(C(C)C)N2CC(C)OC(C)C2)CC1. The molecule has 0 aromatic heterocycles. The molecule has 2 fully saturated rings. The van der Waals surface area contributed by atoms with Crippen molar-refractivity contribution in [3.63, 3.8) is 0 Å². The van der Waals surface area contributed by atoms with E-state index in [1.807, 2.05) is 9.80 Å². The first-order valence-corrected chi connectivity index (χ1v) is 8.73. The Labute approximate surface area is 139 Å². The number of rotatable bonds is 3. The van der Waals surface area contributed by atoms with Crippen molar-refractivity contribution in [1.29, 1.82) is 0 Å². The van der Waals surface area contributed by atoms with Gasteiger partial charge in [-0.2, -0.15) is 0 Å². The van der Waals surface area contributed by atoms with Gasteiger partial charge in [0.2, 0.25) is 11.8 Å². The summed E-state index contributed by atoms with van der Waals surface area (Å²) in [6, 6.07) is -0.104. The first-order chi connectivity index (χ1) is 10.8. The number of nitrogens with zero attached hydrogens (tertiary/aromatic N) is 3. The fourth-order valence-electron chi connectivity index (χ4n) is 3.74. The van der Waals surface area contributed by atoms with Gasteiger partial charge in [0.15, 0.2) is 0 Å². The number of carbonyl (C=O) groups excluding carboxylic acids is 2. The van der Waals surface area contributed by atoms with Crippen LogP contribution in [0.2, 0.25) is 0 Å². The molecule has 0 aromatic rings. The molecule has 0 aromatic carbocycles. The maximum Gasteiger partial charge on any atom is 0.240 e. The minimum absolute atomic E-state index is 0.0911. The van der Waals surface area contributed by atoms with Gasteiger partial charge in [-0.25, -0.2) is 0 Å². The van der Waals surface area contributed by atoms with Crippen molar-refractivity contribution in [2.75, 3.05) is 39.3 Å². The maximum atomic E-state index is 13.1. The quantitative estimate of drug-likeness (QED) is 0.771. The van der Waals surface area contributed by atoms with Crippen molar-refractivity contribution in [2.24, 2.45) is 5.92 Å². The number of carbonyl (C=O) groups is 2. The third kappa shape index (κ3) is 4.44. The molecule has 6 nitrogen and oxygen atoms in total. The molecule has 0 aliphatic carbocycles. The molecule has 0 N–H and O–H groups in total. The molecular formula is C17H31N3O3. The van der Waals surface area contributed by atoms with Crippen LogP contribution in [0.5, 0.6) is 0 Å². The van der Waals surface area contributed by atoms with Crippen molar-refractivity contribution >= 4 is 11.8 Å². The standard InChI is InChI=1S/C17H31N3O3/c1-12(2)16(20-10-13(3)23-14(4)11-20)17(22)19-8-6-18(7-9-19)15(5)21/h12-14,16H,6-11H2,1-5H3. The molecule has 2 rings (SSSR count). The maximum absolute atomic E-state index is 13.1. The van der Waals surface area contributed by atoms with Gasteiger partial charge in [0.1, 0.15) is 0 Å². The van der Waals surface area contributed by atoms with Gasteiger partial charge in [0.05, 0.1) is 18.2 Å². The predicted molar refractivity (Wildman–Crippen MR) is 89.0 cm³/mol. The van der Waals surface area contributed by atoms with Gasteiger partial charge in [-0.3, -0.25) is 14.5 Å². The van der Waals surface area contributed by atoms with Gasteiger partial charge in [-0.1, -0.05) is 13.8 Å². The second-order valence-electron chi connectivity index (χ2n) is 7.23. The summed E-state index contributed by atoms with van der Waals surface area (Å²) in [7, 11) is 0. The molecule has 0 radical (unpaired) electrons. The van der Waals surface area contributed by atoms with Crippen LogP contribution in [-0.4, -0.2) is 84.0 Å². The minimum Gasteiger partial charge on any atom is -0.373 e. The van der Waals surface area contributed by atoms with Crippen LogP contribution in [0.1, 0.15) is 34.6 Å². The second kappa shape index (κ2) is 7.62. The molecular weight excluding hydrogens is 294 g/mol. The van der Waals surface area contributed by atoms with Crippen molar-refractivity contribution in [3.8, 4) is 0 Å². The first kappa shape index (κ1) is 18.2. The van der Waals surface area contributed by atoms with Gasteiger partial charge in [-0.05, 0) is 19.8 Å². The van der Waals surface area contributed by atoms with Crippen LogP contribution < -0.4 is 0 Å². The van der Waals surface area contributed by atoms with E-state index in [4.69, 9.17) is 4.74 Å². The number of hydrogen-bond donors (Lipinski definition) is 0. The Hall–Kier alpha value is -1.14. The first-order valence-electron chi connectivity index (χ1n) is 8.73. The summed E-state index contributed by atoms with van der Waals surface area (Å²) < 4.78 is 5.80. The molecule has 0 saturated carbocycles. The summed E-state index contributed by atoms with van der Waals surface area (Å²) in [5.41, 5.74) is 0. The number of ether oxygens (including phenoxy) is 1. The minimum atomic E-state index is -0.104. The molecule has 0 spiro atoms. The number of piperazine rings is 1. The van der Waals surface area contributed by atoms with Crippen LogP contribution >= 0.6 is 0 Å². The third-order valence-electron chi connectivity index (χ3n) is 4.76. The average Bonchev–Trinajstić information content (AvgIpc) is 2.46. The molecule has 23 heavy (non-hydrogen) atoms. The summed E-state index contributed by atoms with van der Waals surface area (Å²) in [6.45, 7) is 14.1. The zero-order valence-corrected chi connectivity index (χ0v) is 15.1.